The van der Waals surface area contributed by atoms with E-state index >= 15 is 0 Å². The van der Waals surface area contributed by atoms with E-state index in [2.05, 4.69) is 29.6 Å². The van der Waals surface area contributed by atoms with Crippen LogP contribution in [0, 0.1) is 0 Å². The maximum atomic E-state index is 5.40. The van der Waals surface area contributed by atoms with Gasteiger partial charge >= 0.3 is 0 Å². The number of ether oxygens (including phenoxy) is 2. The van der Waals surface area contributed by atoms with Crippen LogP contribution in [0.25, 0.3) is 21.2 Å². The van der Waals surface area contributed by atoms with Crippen LogP contribution in [0.4, 0.5) is 0 Å². The summed E-state index contributed by atoms with van der Waals surface area (Å²) in [6.07, 6.45) is 0. The second kappa shape index (κ2) is 4.94. The van der Waals surface area contributed by atoms with Gasteiger partial charge in [-0.3, -0.25) is 0 Å². The summed E-state index contributed by atoms with van der Waals surface area (Å²) in [5.41, 5.74) is 2.41. The highest BCUT2D eigenvalue weighted by atomic mass is 32.1. The molecule has 0 aliphatic heterocycles. The van der Waals surface area contributed by atoms with E-state index in [1.165, 1.54) is 21.2 Å². The van der Waals surface area contributed by atoms with Gasteiger partial charge in [-0.1, -0.05) is 12.1 Å². The van der Waals surface area contributed by atoms with Crippen molar-refractivity contribution in [3.8, 4) is 22.6 Å². The number of benzene rings is 2. The summed E-state index contributed by atoms with van der Waals surface area (Å²) in [5, 5.41) is 3.33. The van der Waals surface area contributed by atoms with Crippen molar-refractivity contribution in [1.82, 2.24) is 0 Å². The van der Waals surface area contributed by atoms with Crippen LogP contribution in [0.1, 0.15) is 0 Å². The molecule has 0 spiro atoms. The zero-order valence-corrected chi connectivity index (χ0v) is 11.7. The zero-order chi connectivity index (χ0) is 13.2. The molecule has 96 valence electrons. The third-order valence-corrected chi connectivity index (χ3v) is 4.13. The topological polar surface area (TPSA) is 18.5 Å². The van der Waals surface area contributed by atoms with Gasteiger partial charge in [-0.2, -0.15) is 0 Å². The summed E-state index contributed by atoms with van der Waals surface area (Å²) < 4.78 is 11.8. The van der Waals surface area contributed by atoms with Crippen molar-refractivity contribution in [3.05, 3.63) is 47.8 Å². The lowest BCUT2D eigenvalue weighted by atomic mass is 10.0. The first kappa shape index (κ1) is 12.1. The molecule has 0 saturated heterocycles. The van der Waals surface area contributed by atoms with Gasteiger partial charge in [0.05, 0.1) is 18.9 Å². The van der Waals surface area contributed by atoms with Crippen molar-refractivity contribution in [2.24, 2.45) is 0 Å². The van der Waals surface area contributed by atoms with Gasteiger partial charge in [0.2, 0.25) is 0 Å². The van der Waals surface area contributed by atoms with E-state index in [4.69, 9.17) is 9.47 Å². The second-order valence-corrected chi connectivity index (χ2v) is 5.12. The number of rotatable bonds is 3. The van der Waals surface area contributed by atoms with Crippen molar-refractivity contribution in [2.45, 2.75) is 0 Å². The Bertz CT molecular complexity index is 698. The van der Waals surface area contributed by atoms with Crippen LogP contribution < -0.4 is 9.47 Å². The lowest BCUT2D eigenvalue weighted by molar-refractivity contribution is 0.415. The predicted octanol–water partition coefficient (Wildman–Crippen LogP) is 4.59. The van der Waals surface area contributed by atoms with Crippen LogP contribution in [0.3, 0.4) is 0 Å². The van der Waals surface area contributed by atoms with E-state index in [-0.39, 0.29) is 0 Å². The highest BCUT2D eigenvalue weighted by molar-refractivity contribution is 7.17. The maximum absolute atomic E-state index is 5.40. The van der Waals surface area contributed by atoms with Crippen LogP contribution in [-0.4, -0.2) is 14.2 Å². The largest absolute Gasteiger partial charge is 0.497 e. The first-order valence-corrected chi connectivity index (χ1v) is 6.90. The first-order chi connectivity index (χ1) is 9.33. The summed E-state index contributed by atoms with van der Waals surface area (Å²) >= 11 is 1.71. The van der Waals surface area contributed by atoms with Gasteiger partial charge in [0.25, 0.3) is 0 Å². The van der Waals surface area contributed by atoms with E-state index < -0.39 is 0 Å². The smallest absolute Gasteiger partial charge is 0.136 e. The number of hydrogen-bond donors (Lipinski definition) is 0. The highest BCUT2D eigenvalue weighted by Crippen LogP contribution is 2.38. The van der Waals surface area contributed by atoms with Gasteiger partial charge in [-0.05, 0) is 46.8 Å². The van der Waals surface area contributed by atoms with Gasteiger partial charge in [0, 0.05) is 5.39 Å². The van der Waals surface area contributed by atoms with E-state index in [1.807, 2.05) is 18.2 Å². The first-order valence-electron chi connectivity index (χ1n) is 6.02. The molecule has 3 rings (SSSR count). The Hall–Kier alpha value is -2.00. The molecule has 0 radical (unpaired) electrons. The molecule has 1 heterocycles. The minimum atomic E-state index is 0.874. The normalized spacial score (nSPS) is 10.6. The van der Waals surface area contributed by atoms with Gasteiger partial charge in [0.15, 0.2) is 0 Å². The number of hydrogen-bond acceptors (Lipinski definition) is 3. The Morgan fingerprint density at radius 1 is 0.842 bits per heavy atom. The fourth-order valence-corrected chi connectivity index (χ4v) is 3.13. The Labute approximate surface area is 116 Å². The average Bonchev–Trinajstić information content (AvgIpc) is 2.96. The van der Waals surface area contributed by atoms with Crippen LogP contribution in [0.5, 0.6) is 11.5 Å². The van der Waals surface area contributed by atoms with Crippen LogP contribution in [0.2, 0.25) is 0 Å². The molecule has 2 aromatic carbocycles. The van der Waals surface area contributed by atoms with Crippen molar-refractivity contribution < 1.29 is 9.47 Å². The Balaban J connectivity index is 2.16. The maximum Gasteiger partial charge on any atom is 0.136 e. The zero-order valence-electron chi connectivity index (χ0n) is 10.8. The molecule has 0 unspecified atom stereocenters. The molecule has 0 bridgehead atoms. The van der Waals surface area contributed by atoms with Crippen LogP contribution in [-0.2, 0) is 0 Å². The molecule has 2 nitrogen and oxygen atoms in total. The molecule has 0 atom stereocenters. The molecule has 3 heteroatoms. The van der Waals surface area contributed by atoms with Crippen molar-refractivity contribution >= 4 is 21.4 Å². The number of thiophene rings is 1. The van der Waals surface area contributed by atoms with Crippen LogP contribution >= 0.6 is 11.3 Å². The fraction of sp³-hybridized carbons (Fsp3) is 0.125. The van der Waals surface area contributed by atoms with Crippen molar-refractivity contribution in [2.75, 3.05) is 14.2 Å². The summed E-state index contributed by atoms with van der Waals surface area (Å²) in [5.74, 6) is 1.81. The van der Waals surface area contributed by atoms with Gasteiger partial charge in [-0.15, -0.1) is 11.3 Å². The molecule has 0 amide bonds. The molecule has 3 aromatic rings. The third-order valence-electron chi connectivity index (χ3n) is 3.20. The molecular weight excluding hydrogens is 256 g/mol. The molecule has 0 aliphatic rings. The molecular formula is C16H14O2S. The van der Waals surface area contributed by atoms with E-state index in [9.17, 15) is 0 Å². The highest BCUT2D eigenvalue weighted by Gasteiger charge is 2.09. The Morgan fingerprint density at radius 2 is 1.63 bits per heavy atom. The average molecular weight is 270 g/mol. The third kappa shape index (κ3) is 2.06. The minimum absolute atomic E-state index is 0.874. The Morgan fingerprint density at radius 3 is 2.32 bits per heavy atom. The van der Waals surface area contributed by atoms with Crippen molar-refractivity contribution in [1.29, 1.82) is 0 Å². The van der Waals surface area contributed by atoms with Gasteiger partial charge in [-0.25, -0.2) is 0 Å². The van der Waals surface area contributed by atoms with Gasteiger partial charge < -0.3 is 9.47 Å². The lowest BCUT2D eigenvalue weighted by Gasteiger charge is -2.08. The van der Waals surface area contributed by atoms with Gasteiger partial charge in [0.1, 0.15) is 11.5 Å². The molecule has 0 saturated carbocycles. The fourth-order valence-electron chi connectivity index (χ4n) is 2.22. The molecule has 0 aliphatic carbocycles. The summed E-state index contributed by atoms with van der Waals surface area (Å²) in [6, 6.07) is 14.4. The van der Waals surface area contributed by atoms with E-state index in [1.54, 1.807) is 25.6 Å². The predicted molar refractivity (Wildman–Crippen MR) is 80.4 cm³/mol. The Kier molecular flexibility index (Phi) is 3.13. The molecule has 1 aromatic heterocycles. The number of fused-ring (bicyclic) bond motifs is 1. The SMILES string of the molecule is COc1ccc(-c2ccc(OC)c3sccc23)cc1. The van der Waals surface area contributed by atoms with E-state index in [0.717, 1.165) is 11.5 Å². The standard InChI is InChI=1S/C16H14O2S/c1-17-12-5-3-11(4-6-12)13-7-8-15(18-2)16-14(13)9-10-19-16/h3-10H,1-2H3. The summed E-state index contributed by atoms with van der Waals surface area (Å²) in [7, 11) is 3.39. The van der Waals surface area contributed by atoms with Crippen LogP contribution in [0.15, 0.2) is 47.8 Å². The minimum Gasteiger partial charge on any atom is -0.497 e. The summed E-state index contributed by atoms with van der Waals surface area (Å²) in [4.78, 5) is 0. The quantitative estimate of drug-likeness (QED) is 0.693. The number of methoxy groups -OCH3 is 2. The lowest BCUT2D eigenvalue weighted by Crippen LogP contribution is -1.86. The van der Waals surface area contributed by atoms with Crippen molar-refractivity contribution in [3.63, 3.8) is 0 Å². The summed E-state index contributed by atoms with van der Waals surface area (Å²) in [6.45, 7) is 0. The monoisotopic (exact) mass is 270 g/mol. The molecule has 0 N–H and O–H groups in total. The molecule has 0 fully saturated rings. The molecule has 19 heavy (non-hydrogen) atoms. The van der Waals surface area contributed by atoms with E-state index in [0.29, 0.717) is 0 Å². The second-order valence-electron chi connectivity index (χ2n) is 4.21.